The van der Waals surface area contributed by atoms with E-state index in [0.717, 1.165) is 0 Å². The smallest absolute Gasteiger partial charge is 0.342 e. The van der Waals surface area contributed by atoms with Gasteiger partial charge in [-0.05, 0) is 44.9 Å². The van der Waals surface area contributed by atoms with Gasteiger partial charge in [0, 0.05) is 11.1 Å². The van der Waals surface area contributed by atoms with Crippen molar-refractivity contribution in [1.82, 2.24) is 4.98 Å². The van der Waals surface area contributed by atoms with Crippen molar-refractivity contribution >= 4 is 17.8 Å². The van der Waals surface area contributed by atoms with Crippen molar-refractivity contribution in [2.75, 3.05) is 12.3 Å². The Hall–Kier alpha value is -3.75. The summed E-state index contributed by atoms with van der Waals surface area (Å²) in [6.45, 7) is 9.43. The number of aromatic amines is 1. The quantitative estimate of drug-likeness (QED) is 0.455. The summed E-state index contributed by atoms with van der Waals surface area (Å²) >= 11 is 0. The summed E-state index contributed by atoms with van der Waals surface area (Å²) in [7, 11) is 0. The van der Waals surface area contributed by atoms with Crippen LogP contribution in [-0.2, 0) is 6.42 Å². The molecule has 0 amide bonds. The molecule has 0 aliphatic heterocycles. The van der Waals surface area contributed by atoms with Gasteiger partial charge in [-0.3, -0.25) is 4.79 Å². The number of aromatic carboxylic acids is 2. The van der Waals surface area contributed by atoms with Crippen LogP contribution in [0.25, 0.3) is 11.1 Å². The number of nitrogen functional groups attached to an aromatic ring is 1. The molecule has 0 saturated heterocycles. The molecule has 0 spiro atoms. The van der Waals surface area contributed by atoms with Crippen LogP contribution in [0, 0.1) is 0 Å². The van der Waals surface area contributed by atoms with Crippen LogP contribution < -0.4 is 20.8 Å². The number of H-pyrrole nitrogens is 1. The van der Waals surface area contributed by atoms with E-state index in [-0.39, 0.29) is 29.6 Å². The second kappa shape index (κ2) is 9.17. The minimum Gasteiger partial charge on any atom is -0.490 e. The number of ether oxygens (including phenoxy) is 2. The van der Waals surface area contributed by atoms with Gasteiger partial charge in [0.1, 0.15) is 16.9 Å². The number of carbonyl (C=O) groups is 2. The molecule has 160 valence electrons. The van der Waals surface area contributed by atoms with Crippen molar-refractivity contribution in [3.8, 4) is 22.6 Å². The van der Waals surface area contributed by atoms with Crippen molar-refractivity contribution in [3.05, 3.63) is 51.8 Å². The Morgan fingerprint density at radius 3 is 2.37 bits per heavy atom. The maximum atomic E-state index is 12.3. The van der Waals surface area contributed by atoms with Crippen molar-refractivity contribution in [2.24, 2.45) is 0 Å². The highest BCUT2D eigenvalue weighted by molar-refractivity contribution is 6.07. The van der Waals surface area contributed by atoms with Crippen molar-refractivity contribution in [1.29, 1.82) is 0 Å². The zero-order valence-electron chi connectivity index (χ0n) is 16.9. The predicted molar refractivity (Wildman–Crippen MR) is 112 cm³/mol. The Morgan fingerprint density at radius 1 is 1.23 bits per heavy atom. The van der Waals surface area contributed by atoms with E-state index >= 15 is 0 Å². The Labute approximate surface area is 172 Å². The summed E-state index contributed by atoms with van der Waals surface area (Å²) in [6.07, 6.45) is 1.77. The first-order valence-electron chi connectivity index (χ1n) is 9.22. The van der Waals surface area contributed by atoms with E-state index in [9.17, 15) is 24.6 Å². The van der Waals surface area contributed by atoms with Gasteiger partial charge >= 0.3 is 11.9 Å². The third-order valence-electron chi connectivity index (χ3n) is 4.11. The summed E-state index contributed by atoms with van der Waals surface area (Å²) < 4.78 is 11.6. The molecule has 2 aromatic rings. The number of hydrogen-bond donors (Lipinski definition) is 4. The number of aromatic nitrogens is 1. The van der Waals surface area contributed by atoms with Crippen molar-refractivity contribution < 1.29 is 29.3 Å². The molecule has 1 aromatic carbocycles. The first-order valence-corrected chi connectivity index (χ1v) is 9.22. The lowest BCUT2D eigenvalue weighted by Crippen LogP contribution is -2.24. The molecule has 0 bridgehead atoms. The normalized spacial score (nSPS) is 10.7. The van der Waals surface area contributed by atoms with Crippen LogP contribution >= 0.6 is 0 Å². The van der Waals surface area contributed by atoms with Crippen LogP contribution in [0.4, 0.5) is 5.82 Å². The number of benzene rings is 1. The van der Waals surface area contributed by atoms with E-state index < -0.39 is 34.4 Å². The number of carboxylic acids is 2. The maximum Gasteiger partial charge on any atom is 0.342 e. The average molecular weight is 416 g/mol. The topological polar surface area (TPSA) is 152 Å². The molecule has 9 heteroatoms. The highest BCUT2D eigenvalue weighted by atomic mass is 16.5. The fourth-order valence-corrected chi connectivity index (χ4v) is 3.08. The number of anilines is 1. The molecule has 0 aliphatic rings. The number of nitrogens with two attached hydrogens (primary N) is 1. The van der Waals surface area contributed by atoms with Crippen LogP contribution in [-0.4, -0.2) is 39.8 Å². The first-order chi connectivity index (χ1) is 14.1. The molecular weight excluding hydrogens is 392 g/mol. The van der Waals surface area contributed by atoms with Crippen LogP contribution in [0.15, 0.2) is 29.6 Å². The van der Waals surface area contributed by atoms with Gasteiger partial charge in [0.15, 0.2) is 11.5 Å². The summed E-state index contributed by atoms with van der Waals surface area (Å²) in [6, 6.07) is 3.00. The molecule has 9 nitrogen and oxygen atoms in total. The monoisotopic (exact) mass is 416 g/mol. The van der Waals surface area contributed by atoms with Gasteiger partial charge in [-0.25, -0.2) is 9.59 Å². The molecular formula is C21H24N2O7. The minimum absolute atomic E-state index is 0.152. The number of hydrogen-bond acceptors (Lipinski definition) is 6. The first kappa shape index (κ1) is 22.5. The van der Waals surface area contributed by atoms with Crippen LogP contribution in [0.3, 0.4) is 0 Å². The summed E-state index contributed by atoms with van der Waals surface area (Å²) in [5.74, 6) is -2.79. The van der Waals surface area contributed by atoms with Gasteiger partial charge < -0.3 is 30.4 Å². The van der Waals surface area contributed by atoms with Gasteiger partial charge in [-0.1, -0.05) is 6.08 Å². The number of rotatable bonds is 9. The Kier molecular flexibility index (Phi) is 6.89. The standard InChI is InChI=1S/C21H24N2O7/c1-5-7-11-8-12(9-13(29-6-2)17(11)30-10(3)4)14-15(20(25)26)18(22)23-19(24)16(14)21(27)28/h5,8-10H,1,6-7H2,2-4H3,(H,25,26)(H,27,28)(H3,22,23,24). The van der Waals surface area contributed by atoms with E-state index in [1.165, 1.54) is 6.07 Å². The highest BCUT2D eigenvalue weighted by Crippen LogP contribution is 2.40. The predicted octanol–water partition coefficient (Wildman–Crippen LogP) is 2.93. The zero-order chi connectivity index (χ0) is 22.6. The van der Waals surface area contributed by atoms with Gasteiger partial charge in [0.05, 0.1) is 12.7 Å². The molecule has 0 radical (unpaired) electrons. The SMILES string of the molecule is C=CCc1cc(-c2c(C(=O)O)c(N)[nH]c(=O)c2C(=O)O)cc(OCC)c1OC(C)C. The maximum absolute atomic E-state index is 12.3. The Balaban J connectivity index is 3.00. The zero-order valence-corrected chi connectivity index (χ0v) is 16.9. The third kappa shape index (κ3) is 4.45. The molecule has 0 saturated carbocycles. The minimum atomic E-state index is -1.58. The van der Waals surface area contributed by atoms with Crippen molar-refractivity contribution in [3.63, 3.8) is 0 Å². The molecule has 1 aromatic heterocycles. The molecule has 5 N–H and O–H groups in total. The van der Waals surface area contributed by atoms with E-state index in [1.807, 2.05) is 13.8 Å². The average Bonchev–Trinajstić information content (AvgIpc) is 2.62. The molecule has 30 heavy (non-hydrogen) atoms. The lowest BCUT2D eigenvalue weighted by Gasteiger charge is -2.20. The molecule has 2 rings (SSSR count). The van der Waals surface area contributed by atoms with E-state index in [2.05, 4.69) is 11.6 Å². The van der Waals surface area contributed by atoms with E-state index in [0.29, 0.717) is 17.7 Å². The van der Waals surface area contributed by atoms with E-state index in [1.54, 1.807) is 19.1 Å². The lowest BCUT2D eigenvalue weighted by atomic mass is 9.93. The second-order valence-corrected chi connectivity index (χ2v) is 6.66. The molecule has 0 fully saturated rings. The van der Waals surface area contributed by atoms with E-state index in [4.69, 9.17) is 15.2 Å². The lowest BCUT2D eigenvalue weighted by molar-refractivity contribution is 0.0695. The molecule has 0 atom stereocenters. The summed E-state index contributed by atoms with van der Waals surface area (Å²) in [5.41, 5.74) is 3.90. The summed E-state index contributed by atoms with van der Waals surface area (Å²) in [5, 5.41) is 19.3. The molecule has 1 heterocycles. The third-order valence-corrected chi connectivity index (χ3v) is 4.11. The van der Waals surface area contributed by atoms with Gasteiger partial charge in [0.2, 0.25) is 0 Å². The second-order valence-electron chi connectivity index (χ2n) is 6.66. The number of pyridine rings is 1. The Bertz CT molecular complexity index is 1050. The van der Waals surface area contributed by atoms with Crippen LogP contribution in [0.1, 0.15) is 47.1 Å². The largest absolute Gasteiger partial charge is 0.490 e. The van der Waals surface area contributed by atoms with Gasteiger partial charge in [0.25, 0.3) is 5.56 Å². The molecule has 0 aliphatic carbocycles. The van der Waals surface area contributed by atoms with Gasteiger partial charge in [-0.15, -0.1) is 6.58 Å². The Morgan fingerprint density at radius 2 is 1.87 bits per heavy atom. The molecule has 0 unspecified atom stereocenters. The van der Waals surface area contributed by atoms with Crippen LogP contribution in [0.2, 0.25) is 0 Å². The highest BCUT2D eigenvalue weighted by Gasteiger charge is 2.28. The fraction of sp³-hybridized carbons (Fsp3) is 0.286. The summed E-state index contributed by atoms with van der Waals surface area (Å²) in [4.78, 5) is 38.1. The fourth-order valence-electron chi connectivity index (χ4n) is 3.08. The van der Waals surface area contributed by atoms with Crippen LogP contribution in [0.5, 0.6) is 11.5 Å². The number of carboxylic acid groups (broad SMARTS) is 2. The number of allylic oxidation sites excluding steroid dienone is 1. The van der Waals surface area contributed by atoms with Crippen molar-refractivity contribution in [2.45, 2.75) is 33.3 Å². The van der Waals surface area contributed by atoms with Gasteiger partial charge in [-0.2, -0.15) is 0 Å². The number of nitrogens with one attached hydrogen (secondary N) is 1.